The largest absolute Gasteiger partial charge is 0.380 e. The van der Waals surface area contributed by atoms with Gasteiger partial charge in [-0.05, 0) is 25.3 Å². The third kappa shape index (κ3) is 1.80. The minimum Gasteiger partial charge on any atom is -0.380 e. The van der Waals surface area contributed by atoms with E-state index in [9.17, 15) is 0 Å². The molecule has 0 saturated heterocycles. The van der Waals surface area contributed by atoms with Gasteiger partial charge in [0.2, 0.25) is 0 Å². The van der Waals surface area contributed by atoms with Crippen molar-refractivity contribution in [2.24, 2.45) is 0 Å². The highest BCUT2D eigenvalue weighted by Gasteiger charge is 2.05. The molecular weight excluding hydrogens is 194 g/mol. The molecule has 0 bridgehead atoms. The Morgan fingerprint density at radius 1 is 1.50 bits per heavy atom. The lowest BCUT2D eigenvalue weighted by molar-refractivity contribution is 1.02. The number of hydrogen-bond acceptors (Lipinski definition) is 3. The Hall–Kier alpha value is -1.29. The molecule has 0 radical (unpaired) electrons. The van der Waals surface area contributed by atoms with Gasteiger partial charge >= 0.3 is 0 Å². The standard InChI is InChI=1S/C10H13N3S/c1-7-10(8(2)13-12-7)5-11-9-3-4-14-6-9/h3-4,6,11H,5H2,1-2H3,(H,12,13). The highest BCUT2D eigenvalue weighted by molar-refractivity contribution is 7.08. The smallest absolute Gasteiger partial charge is 0.0643 e. The molecule has 2 aromatic heterocycles. The van der Waals surface area contributed by atoms with Crippen molar-refractivity contribution >= 4 is 17.0 Å². The van der Waals surface area contributed by atoms with E-state index in [0.29, 0.717) is 0 Å². The second-order valence-electron chi connectivity index (χ2n) is 3.28. The summed E-state index contributed by atoms with van der Waals surface area (Å²) < 4.78 is 0. The number of thiophene rings is 1. The van der Waals surface area contributed by atoms with Gasteiger partial charge in [-0.3, -0.25) is 5.10 Å². The molecule has 0 amide bonds. The van der Waals surface area contributed by atoms with E-state index in [1.54, 1.807) is 11.3 Å². The summed E-state index contributed by atoms with van der Waals surface area (Å²) in [4.78, 5) is 0. The van der Waals surface area contributed by atoms with Crippen LogP contribution in [0.25, 0.3) is 0 Å². The van der Waals surface area contributed by atoms with E-state index in [1.165, 1.54) is 11.3 Å². The van der Waals surface area contributed by atoms with E-state index in [-0.39, 0.29) is 0 Å². The summed E-state index contributed by atoms with van der Waals surface area (Å²) in [5, 5.41) is 14.7. The summed E-state index contributed by atoms with van der Waals surface area (Å²) in [6.07, 6.45) is 0. The van der Waals surface area contributed by atoms with Crippen molar-refractivity contribution in [2.75, 3.05) is 5.32 Å². The summed E-state index contributed by atoms with van der Waals surface area (Å²) in [5.41, 5.74) is 4.65. The summed E-state index contributed by atoms with van der Waals surface area (Å²) in [5.74, 6) is 0. The molecule has 4 heteroatoms. The van der Waals surface area contributed by atoms with Crippen molar-refractivity contribution in [3.8, 4) is 0 Å². The fraction of sp³-hybridized carbons (Fsp3) is 0.300. The van der Waals surface area contributed by atoms with Gasteiger partial charge in [0, 0.05) is 28.9 Å². The fourth-order valence-corrected chi connectivity index (χ4v) is 2.00. The molecule has 0 aliphatic rings. The molecule has 0 aliphatic heterocycles. The number of nitrogens with zero attached hydrogens (tertiary/aromatic N) is 1. The molecule has 2 aromatic rings. The number of nitrogens with one attached hydrogen (secondary N) is 2. The monoisotopic (exact) mass is 207 g/mol. The molecule has 0 aliphatic carbocycles. The molecule has 74 valence electrons. The zero-order valence-electron chi connectivity index (χ0n) is 8.29. The zero-order valence-corrected chi connectivity index (χ0v) is 9.11. The van der Waals surface area contributed by atoms with Crippen LogP contribution in [0.2, 0.25) is 0 Å². The molecular formula is C10H13N3S. The lowest BCUT2D eigenvalue weighted by Gasteiger charge is -2.03. The van der Waals surface area contributed by atoms with E-state index in [1.807, 2.05) is 13.8 Å². The van der Waals surface area contributed by atoms with Crippen LogP contribution in [0.4, 0.5) is 5.69 Å². The van der Waals surface area contributed by atoms with Crippen molar-refractivity contribution < 1.29 is 0 Å². The van der Waals surface area contributed by atoms with Crippen molar-refractivity contribution in [2.45, 2.75) is 20.4 Å². The van der Waals surface area contributed by atoms with Crippen LogP contribution in [0.15, 0.2) is 16.8 Å². The topological polar surface area (TPSA) is 40.7 Å². The van der Waals surface area contributed by atoms with Crippen molar-refractivity contribution in [3.63, 3.8) is 0 Å². The van der Waals surface area contributed by atoms with E-state index < -0.39 is 0 Å². The minimum atomic E-state index is 0.838. The Bertz CT molecular complexity index is 383. The Morgan fingerprint density at radius 3 is 2.93 bits per heavy atom. The molecule has 2 heterocycles. The van der Waals surface area contributed by atoms with Gasteiger partial charge in [-0.2, -0.15) is 16.4 Å². The highest BCUT2D eigenvalue weighted by atomic mass is 32.1. The number of aromatic nitrogens is 2. The van der Waals surface area contributed by atoms with Crippen LogP contribution in [0.1, 0.15) is 17.0 Å². The van der Waals surface area contributed by atoms with Gasteiger partial charge in [-0.15, -0.1) is 0 Å². The second kappa shape index (κ2) is 3.84. The van der Waals surface area contributed by atoms with E-state index in [2.05, 4.69) is 32.3 Å². The molecule has 0 spiro atoms. The summed E-state index contributed by atoms with van der Waals surface area (Å²) in [6, 6.07) is 2.08. The Labute approximate surface area is 87.2 Å². The minimum absolute atomic E-state index is 0.838. The molecule has 14 heavy (non-hydrogen) atoms. The quantitative estimate of drug-likeness (QED) is 0.812. The van der Waals surface area contributed by atoms with Gasteiger partial charge in [0.05, 0.1) is 5.69 Å². The molecule has 0 atom stereocenters. The first-order valence-corrected chi connectivity index (χ1v) is 5.48. The fourth-order valence-electron chi connectivity index (χ4n) is 1.39. The van der Waals surface area contributed by atoms with Crippen LogP contribution in [-0.4, -0.2) is 10.2 Å². The maximum atomic E-state index is 4.15. The van der Waals surface area contributed by atoms with Crippen LogP contribution in [0.5, 0.6) is 0 Å². The molecule has 3 nitrogen and oxygen atoms in total. The van der Waals surface area contributed by atoms with Gasteiger partial charge in [-0.1, -0.05) is 0 Å². The van der Waals surface area contributed by atoms with Crippen LogP contribution in [0.3, 0.4) is 0 Å². The van der Waals surface area contributed by atoms with Crippen molar-refractivity contribution in [3.05, 3.63) is 33.8 Å². The van der Waals surface area contributed by atoms with Crippen LogP contribution >= 0.6 is 11.3 Å². The van der Waals surface area contributed by atoms with Crippen LogP contribution in [0, 0.1) is 13.8 Å². The number of aromatic amines is 1. The first-order valence-electron chi connectivity index (χ1n) is 4.54. The van der Waals surface area contributed by atoms with E-state index in [0.717, 1.165) is 17.9 Å². The Balaban J connectivity index is 2.05. The van der Waals surface area contributed by atoms with Crippen LogP contribution < -0.4 is 5.32 Å². The third-order valence-electron chi connectivity index (χ3n) is 2.27. The lowest BCUT2D eigenvalue weighted by Crippen LogP contribution is -2.00. The lowest BCUT2D eigenvalue weighted by atomic mass is 10.2. The average molecular weight is 207 g/mol. The SMILES string of the molecule is Cc1n[nH]c(C)c1CNc1ccsc1. The van der Waals surface area contributed by atoms with E-state index in [4.69, 9.17) is 0 Å². The number of rotatable bonds is 3. The van der Waals surface area contributed by atoms with Gasteiger partial charge in [0.25, 0.3) is 0 Å². The molecule has 2 rings (SSSR count). The second-order valence-corrected chi connectivity index (χ2v) is 4.06. The van der Waals surface area contributed by atoms with Gasteiger partial charge in [0.15, 0.2) is 0 Å². The molecule has 2 N–H and O–H groups in total. The third-order valence-corrected chi connectivity index (χ3v) is 2.95. The number of anilines is 1. The van der Waals surface area contributed by atoms with E-state index >= 15 is 0 Å². The van der Waals surface area contributed by atoms with Crippen molar-refractivity contribution in [1.82, 2.24) is 10.2 Å². The normalized spacial score (nSPS) is 10.4. The summed E-state index contributed by atoms with van der Waals surface area (Å²) >= 11 is 1.70. The Kier molecular flexibility index (Phi) is 2.54. The number of hydrogen-bond donors (Lipinski definition) is 2. The predicted octanol–water partition coefficient (Wildman–Crippen LogP) is 2.70. The maximum Gasteiger partial charge on any atom is 0.0643 e. The molecule has 0 aromatic carbocycles. The molecule has 0 saturated carbocycles. The first kappa shape index (κ1) is 9.27. The maximum absolute atomic E-state index is 4.15. The van der Waals surface area contributed by atoms with Crippen molar-refractivity contribution in [1.29, 1.82) is 0 Å². The van der Waals surface area contributed by atoms with Gasteiger partial charge in [-0.25, -0.2) is 0 Å². The highest BCUT2D eigenvalue weighted by Crippen LogP contribution is 2.15. The molecule has 0 fully saturated rings. The van der Waals surface area contributed by atoms with Gasteiger partial charge < -0.3 is 5.32 Å². The average Bonchev–Trinajstić information content (AvgIpc) is 2.76. The zero-order chi connectivity index (χ0) is 9.97. The van der Waals surface area contributed by atoms with Crippen LogP contribution in [-0.2, 0) is 6.54 Å². The van der Waals surface area contributed by atoms with Gasteiger partial charge in [0.1, 0.15) is 0 Å². The Morgan fingerprint density at radius 2 is 2.36 bits per heavy atom. The first-order chi connectivity index (χ1) is 6.77. The predicted molar refractivity (Wildman–Crippen MR) is 59.7 cm³/mol. The summed E-state index contributed by atoms with van der Waals surface area (Å²) in [6.45, 7) is 4.91. The number of aryl methyl sites for hydroxylation is 2. The number of H-pyrrole nitrogens is 1. The molecule has 0 unspecified atom stereocenters. The summed E-state index contributed by atoms with van der Waals surface area (Å²) in [7, 11) is 0.